The second-order valence-corrected chi connectivity index (χ2v) is 3.60. The molecule has 0 radical (unpaired) electrons. The zero-order chi connectivity index (χ0) is 10.5. The van der Waals surface area contributed by atoms with E-state index in [1.807, 2.05) is 6.92 Å². The lowest BCUT2D eigenvalue weighted by atomic mass is 10.1. The van der Waals surface area contributed by atoms with Crippen molar-refractivity contribution in [3.63, 3.8) is 0 Å². The molecule has 2 N–H and O–H groups in total. The summed E-state index contributed by atoms with van der Waals surface area (Å²) < 4.78 is 4.90. The zero-order valence-corrected chi connectivity index (χ0v) is 8.96. The largest absolute Gasteiger partial charge is 0.383 e. The van der Waals surface area contributed by atoms with Crippen molar-refractivity contribution in [1.29, 1.82) is 0 Å². The quantitative estimate of drug-likeness (QED) is 0.671. The van der Waals surface area contributed by atoms with Gasteiger partial charge in [-0.15, -0.1) is 0 Å². The molecule has 0 aliphatic heterocycles. The molecule has 0 saturated heterocycles. The smallest absolute Gasteiger partial charge is 0.242 e. The Bertz CT molecular complexity index is 163. The molecule has 0 spiro atoms. The summed E-state index contributed by atoms with van der Waals surface area (Å²) in [5.41, 5.74) is 4.91. The van der Waals surface area contributed by atoms with E-state index in [4.69, 9.17) is 10.5 Å². The molecule has 0 fully saturated rings. The van der Waals surface area contributed by atoms with Crippen LogP contribution in [0.4, 0.5) is 0 Å². The molecule has 1 amide bonds. The number of nitrogens with two attached hydrogens (primary N) is 1. The van der Waals surface area contributed by atoms with Crippen LogP contribution in [0.5, 0.6) is 0 Å². The number of carbonyl (C=O) groups is 1. The van der Waals surface area contributed by atoms with Crippen molar-refractivity contribution in [2.75, 3.05) is 26.8 Å². The third-order valence-electron chi connectivity index (χ3n) is 1.79. The Morgan fingerprint density at radius 3 is 2.38 bits per heavy atom. The van der Waals surface area contributed by atoms with Gasteiger partial charge in [0.2, 0.25) is 5.91 Å². The van der Waals surface area contributed by atoms with Crippen molar-refractivity contribution >= 4 is 5.91 Å². The summed E-state index contributed by atoms with van der Waals surface area (Å²) in [6.45, 7) is 7.18. The average Bonchev–Trinajstić information content (AvgIpc) is 2.04. The summed E-state index contributed by atoms with van der Waals surface area (Å²) in [6.07, 6.45) is 0. The van der Waals surface area contributed by atoms with Crippen LogP contribution in [-0.4, -0.2) is 43.2 Å². The van der Waals surface area contributed by atoms with E-state index in [9.17, 15) is 4.79 Å². The molecule has 0 rings (SSSR count). The first-order chi connectivity index (χ1) is 5.93. The Hall–Kier alpha value is -0.610. The molecule has 0 aliphatic rings. The molecule has 0 heterocycles. The fraction of sp³-hybridized carbons (Fsp3) is 0.889. The maximum Gasteiger partial charge on any atom is 0.242 e. The molecule has 4 nitrogen and oxygen atoms in total. The van der Waals surface area contributed by atoms with E-state index in [0.717, 1.165) is 0 Å². The molecular weight excluding hydrogens is 168 g/mol. The third-order valence-corrected chi connectivity index (χ3v) is 1.79. The molecule has 0 aromatic carbocycles. The number of hydrogen-bond acceptors (Lipinski definition) is 3. The maximum atomic E-state index is 11.6. The summed E-state index contributed by atoms with van der Waals surface area (Å²) in [7, 11) is 1.62. The van der Waals surface area contributed by atoms with Crippen molar-refractivity contribution in [2.45, 2.75) is 26.3 Å². The van der Waals surface area contributed by atoms with Gasteiger partial charge in [-0.25, -0.2) is 0 Å². The number of carbonyl (C=O) groups excluding carboxylic acids is 1. The predicted molar refractivity (Wildman–Crippen MR) is 52.4 cm³/mol. The van der Waals surface area contributed by atoms with Crippen LogP contribution < -0.4 is 5.73 Å². The number of ether oxygens (including phenoxy) is 1. The molecule has 0 bridgehead atoms. The van der Waals surface area contributed by atoms with E-state index >= 15 is 0 Å². The highest BCUT2D eigenvalue weighted by atomic mass is 16.5. The fourth-order valence-electron chi connectivity index (χ4n) is 1.01. The second kappa shape index (κ2) is 5.19. The van der Waals surface area contributed by atoms with Gasteiger partial charge >= 0.3 is 0 Å². The number of rotatable bonds is 5. The predicted octanol–water partition coefficient (Wildman–Crippen LogP) is 0.219. The Morgan fingerprint density at radius 2 is 2.08 bits per heavy atom. The highest BCUT2D eigenvalue weighted by molar-refractivity contribution is 5.85. The van der Waals surface area contributed by atoms with E-state index in [2.05, 4.69) is 0 Å². The third kappa shape index (κ3) is 4.24. The molecule has 4 heteroatoms. The van der Waals surface area contributed by atoms with Crippen molar-refractivity contribution in [3.05, 3.63) is 0 Å². The normalized spacial score (nSPS) is 11.5. The van der Waals surface area contributed by atoms with Gasteiger partial charge in [0.05, 0.1) is 12.1 Å². The highest BCUT2D eigenvalue weighted by Crippen LogP contribution is 2.03. The molecule has 0 unspecified atom stereocenters. The van der Waals surface area contributed by atoms with Crippen LogP contribution >= 0.6 is 0 Å². The van der Waals surface area contributed by atoms with Crippen LogP contribution in [0.3, 0.4) is 0 Å². The second-order valence-electron chi connectivity index (χ2n) is 3.60. The molecule has 0 atom stereocenters. The molecule has 0 aliphatic carbocycles. The zero-order valence-electron chi connectivity index (χ0n) is 8.96. The molecule has 0 aromatic rings. The summed E-state index contributed by atoms with van der Waals surface area (Å²) in [5.74, 6) is -0.0351. The first-order valence-electron chi connectivity index (χ1n) is 4.50. The molecular formula is C9H20N2O2. The highest BCUT2D eigenvalue weighted by Gasteiger charge is 2.26. The van der Waals surface area contributed by atoms with Gasteiger partial charge in [-0.1, -0.05) is 0 Å². The van der Waals surface area contributed by atoms with E-state index in [1.54, 1.807) is 25.9 Å². The summed E-state index contributed by atoms with van der Waals surface area (Å²) >= 11 is 0. The van der Waals surface area contributed by atoms with Crippen molar-refractivity contribution in [1.82, 2.24) is 4.90 Å². The van der Waals surface area contributed by atoms with E-state index in [0.29, 0.717) is 19.7 Å². The van der Waals surface area contributed by atoms with Crippen molar-refractivity contribution in [3.8, 4) is 0 Å². The first kappa shape index (κ1) is 12.4. The molecule has 0 saturated carbocycles. The van der Waals surface area contributed by atoms with Crippen molar-refractivity contribution < 1.29 is 9.53 Å². The van der Waals surface area contributed by atoms with Gasteiger partial charge in [-0.3, -0.25) is 4.79 Å². The lowest BCUT2D eigenvalue weighted by molar-refractivity contribution is -0.136. The Morgan fingerprint density at radius 1 is 1.54 bits per heavy atom. The minimum atomic E-state index is -0.788. The van der Waals surface area contributed by atoms with E-state index in [1.165, 1.54) is 0 Å². The minimum absolute atomic E-state index is 0.0351. The number of hydrogen-bond donors (Lipinski definition) is 1. The Labute approximate surface area is 80.0 Å². The summed E-state index contributed by atoms with van der Waals surface area (Å²) in [6, 6.07) is 0. The number of likely N-dealkylation sites (N-methyl/N-ethyl adjacent to an activating group) is 1. The number of amides is 1. The maximum absolute atomic E-state index is 11.6. The van der Waals surface area contributed by atoms with Gasteiger partial charge < -0.3 is 15.4 Å². The van der Waals surface area contributed by atoms with E-state index in [-0.39, 0.29) is 5.91 Å². The fourth-order valence-corrected chi connectivity index (χ4v) is 1.01. The van der Waals surface area contributed by atoms with Crippen LogP contribution in [0.1, 0.15) is 20.8 Å². The van der Waals surface area contributed by atoms with E-state index < -0.39 is 5.54 Å². The summed E-state index contributed by atoms with van der Waals surface area (Å²) in [4.78, 5) is 13.3. The van der Waals surface area contributed by atoms with Gasteiger partial charge in [0.25, 0.3) is 0 Å². The average molecular weight is 188 g/mol. The monoisotopic (exact) mass is 188 g/mol. The summed E-state index contributed by atoms with van der Waals surface area (Å²) in [5, 5.41) is 0. The lowest BCUT2D eigenvalue weighted by Gasteiger charge is -2.28. The van der Waals surface area contributed by atoms with Crippen LogP contribution in [0.2, 0.25) is 0 Å². The molecule has 78 valence electrons. The lowest BCUT2D eigenvalue weighted by Crippen LogP contribution is -2.51. The molecule has 0 aromatic heterocycles. The van der Waals surface area contributed by atoms with Crippen LogP contribution in [0.25, 0.3) is 0 Å². The van der Waals surface area contributed by atoms with Gasteiger partial charge in [0, 0.05) is 20.2 Å². The van der Waals surface area contributed by atoms with Gasteiger partial charge in [-0.2, -0.15) is 0 Å². The Kier molecular flexibility index (Phi) is 4.95. The minimum Gasteiger partial charge on any atom is -0.383 e. The first-order valence-corrected chi connectivity index (χ1v) is 4.50. The van der Waals surface area contributed by atoms with Crippen LogP contribution in [0.15, 0.2) is 0 Å². The standard InChI is InChI=1S/C9H20N2O2/c1-5-11(6-7-13-4)8(12)9(2,3)10/h5-7,10H2,1-4H3. The Balaban J connectivity index is 4.16. The van der Waals surface area contributed by atoms with Crippen LogP contribution in [0, 0.1) is 0 Å². The van der Waals surface area contributed by atoms with Gasteiger partial charge in [-0.05, 0) is 20.8 Å². The van der Waals surface area contributed by atoms with Gasteiger partial charge in [0.15, 0.2) is 0 Å². The van der Waals surface area contributed by atoms with Gasteiger partial charge in [0.1, 0.15) is 0 Å². The topological polar surface area (TPSA) is 55.6 Å². The van der Waals surface area contributed by atoms with Crippen LogP contribution in [-0.2, 0) is 9.53 Å². The number of nitrogens with zero attached hydrogens (tertiary/aromatic N) is 1. The molecule has 13 heavy (non-hydrogen) atoms. The SMILES string of the molecule is CCN(CCOC)C(=O)C(C)(C)N. The van der Waals surface area contributed by atoms with Crippen molar-refractivity contribution in [2.24, 2.45) is 5.73 Å². The number of methoxy groups -OCH3 is 1.